The van der Waals surface area contributed by atoms with E-state index >= 15 is 0 Å². The summed E-state index contributed by atoms with van der Waals surface area (Å²) >= 11 is 1.73. The van der Waals surface area contributed by atoms with Crippen molar-refractivity contribution in [3.05, 3.63) is 0 Å². The van der Waals surface area contributed by atoms with Crippen LogP contribution >= 0.6 is 11.8 Å². The number of hydrogen-bond donors (Lipinski definition) is 2. The van der Waals surface area contributed by atoms with Gasteiger partial charge in [0, 0.05) is 13.1 Å². The van der Waals surface area contributed by atoms with Crippen LogP contribution in [-0.2, 0) is 9.53 Å². The summed E-state index contributed by atoms with van der Waals surface area (Å²) in [7, 11) is 1.62. The molecule has 0 spiro atoms. The molecule has 0 saturated carbocycles. The number of rotatable bonds is 6. The van der Waals surface area contributed by atoms with Crippen LogP contribution in [0.2, 0.25) is 0 Å². The Hall–Kier alpha value is -0.950. The second-order valence-electron chi connectivity index (χ2n) is 4.79. The highest BCUT2D eigenvalue weighted by Gasteiger charge is 2.38. The van der Waals surface area contributed by atoms with Gasteiger partial charge >= 0.3 is 12.0 Å². The summed E-state index contributed by atoms with van der Waals surface area (Å²) in [6.07, 6.45) is 2.91. The monoisotopic (exact) mass is 290 g/mol. The molecule has 0 aromatic carbocycles. The first-order chi connectivity index (χ1) is 8.97. The lowest BCUT2D eigenvalue weighted by molar-refractivity contribution is -0.142. The molecule has 0 radical (unpaired) electrons. The van der Waals surface area contributed by atoms with E-state index in [0.29, 0.717) is 0 Å². The number of likely N-dealkylation sites (N-methyl/N-ethyl adjacent to an activating group) is 1. The molecule has 3 atom stereocenters. The number of amides is 2. The van der Waals surface area contributed by atoms with Crippen LogP contribution in [0.3, 0.4) is 0 Å². The number of carboxylic acid groups (broad SMARTS) is 1. The van der Waals surface area contributed by atoms with E-state index in [9.17, 15) is 9.59 Å². The van der Waals surface area contributed by atoms with Crippen molar-refractivity contribution >= 4 is 23.8 Å². The highest BCUT2D eigenvalue weighted by molar-refractivity contribution is 7.98. The van der Waals surface area contributed by atoms with Crippen LogP contribution in [-0.4, -0.2) is 66.4 Å². The molecule has 2 amide bonds. The van der Waals surface area contributed by atoms with Crippen molar-refractivity contribution in [1.82, 2.24) is 10.2 Å². The molecule has 1 aliphatic heterocycles. The third-order valence-electron chi connectivity index (χ3n) is 3.31. The number of hydrogen-bond acceptors (Lipinski definition) is 4. The van der Waals surface area contributed by atoms with Crippen molar-refractivity contribution in [2.24, 2.45) is 5.92 Å². The van der Waals surface area contributed by atoms with Crippen molar-refractivity contribution in [3.63, 3.8) is 0 Å². The molecular weight excluding hydrogens is 268 g/mol. The molecule has 110 valence electrons. The van der Waals surface area contributed by atoms with Crippen LogP contribution in [0.25, 0.3) is 0 Å². The summed E-state index contributed by atoms with van der Waals surface area (Å²) < 4.78 is 5.17. The van der Waals surface area contributed by atoms with Crippen molar-refractivity contribution in [3.8, 4) is 0 Å². The standard InChI is InChI=1S/C12H22N2O4S/c1-8(4-5-19-3)13-12(17)14(2)10-7-18-6-9(10)11(15)16/h8-10H,4-7H2,1-3H3,(H,13,17)(H,15,16). The second kappa shape index (κ2) is 7.59. The lowest BCUT2D eigenvalue weighted by atomic mass is 10.0. The van der Waals surface area contributed by atoms with E-state index in [1.165, 1.54) is 4.90 Å². The van der Waals surface area contributed by atoms with Gasteiger partial charge in [-0.25, -0.2) is 4.79 Å². The average Bonchev–Trinajstić information content (AvgIpc) is 2.84. The predicted molar refractivity (Wildman–Crippen MR) is 74.5 cm³/mol. The normalized spacial score (nSPS) is 23.9. The van der Waals surface area contributed by atoms with Gasteiger partial charge in [-0.2, -0.15) is 11.8 Å². The fourth-order valence-corrected chi connectivity index (χ4v) is 2.58. The quantitative estimate of drug-likeness (QED) is 0.759. The molecule has 2 N–H and O–H groups in total. The number of ether oxygens (including phenoxy) is 1. The van der Waals surface area contributed by atoms with Gasteiger partial charge in [-0.15, -0.1) is 0 Å². The summed E-state index contributed by atoms with van der Waals surface area (Å²) in [5.74, 6) is -0.579. The zero-order valence-electron chi connectivity index (χ0n) is 11.6. The predicted octanol–water partition coefficient (Wildman–Crippen LogP) is 0.869. The van der Waals surface area contributed by atoms with Gasteiger partial charge < -0.3 is 20.1 Å². The molecule has 6 nitrogen and oxygen atoms in total. The number of nitrogens with zero attached hydrogens (tertiary/aromatic N) is 1. The van der Waals surface area contributed by atoms with Crippen LogP contribution in [0.5, 0.6) is 0 Å². The van der Waals surface area contributed by atoms with Gasteiger partial charge in [0.15, 0.2) is 0 Å². The van der Waals surface area contributed by atoms with Gasteiger partial charge in [0.1, 0.15) is 5.92 Å². The Morgan fingerprint density at radius 3 is 2.79 bits per heavy atom. The minimum atomic E-state index is -0.919. The smallest absolute Gasteiger partial charge is 0.317 e. The van der Waals surface area contributed by atoms with Crippen molar-refractivity contribution < 1.29 is 19.4 Å². The molecule has 1 heterocycles. The van der Waals surface area contributed by atoms with Crippen LogP contribution in [0.1, 0.15) is 13.3 Å². The molecule has 1 saturated heterocycles. The third kappa shape index (κ3) is 4.58. The lowest BCUT2D eigenvalue weighted by Gasteiger charge is -2.28. The molecule has 0 aromatic heterocycles. The highest BCUT2D eigenvalue weighted by atomic mass is 32.2. The Bertz CT molecular complexity index is 327. The number of urea groups is 1. The van der Waals surface area contributed by atoms with E-state index in [-0.39, 0.29) is 25.3 Å². The van der Waals surface area contributed by atoms with E-state index in [0.717, 1.165) is 12.2 Å². The highest BCUT2D eigenvalue weighted by Crippen LogP contribution is 2.19. The molecule has 0 bridgehead atoms. The molecule has 19 heavy (non-hydrogen) atoms. The van der Waals surface area contributed by atoms with E-state index in [2.05, 4.69) is 5.32 Å². The number of aliphatic carboxylic acids is 1. The summed E-state index contributed by atoms with van der Waals surface area (Å²) in [4.78, 5) is 24.5. The van der Waals surface area contributed by atoms with Crippen LogP contribution in [0.4, 0.5) is 4.79 Å². The van der Waals surface area contributed by atoms with Gasteiger partial charge in [-0.05, 0) is 25.4 Å². The zero-order chi connectivity index (χ0) is 14.4. The fourth-order valence-electron chi connectivity index (χ4n) is 1.99. The Morgan fingerprint density at radius 2 is 2.21 bits per heavy atom. The maximum Gasteiger partial charge on any atom is 0.317 e. The van der Waals surface area contributed by atoms with Gasteiger partial charge in [0.2, 0.25) is 0 Å². The Labute approximate surface area is 117 Å². The van der Waals surface area contributed by atoms with Gasteiger partial charge in [-0.1, -0.05) is 0 Å². The lowest BCUT2D eigenvalue weighted by Crippen LogP contribution is -2.50. The Balaban J connectivity index is 2.49. The van der Waals surface area contributed by atoms with Crippen molar-refractivity contribution in [2.75, 3.05) is 32.3 Å². The van der Waals surface area contributed by atoms with Gasteiger partial charge in [0.25, 0.3) is 0 Å². The first kappa shape index (κ1) is 16.1. The third-order valence-corrected chi connectivity index (χ3v) is 3.95. The number of carbonyl (C=O) groups excluding carboxylic acids is 1. The summed E-state index contributed by atoms with van der Waals surface area (Å²) in [5.41, 5.74) is 0. The molecule has 1 fully saturated rings. The maximum absolute atomic E-state index is 12.0. The van der Waals surface area contributed by atoms with Crippen molar-refractivity contribution in [2.45, 2.75) is 25.4 Å². The average molecular weight is 290 g/mol. The minimum absolute atomic E-state index is 0.0769. The van der Waals surface area contributed by atoms with Crippen LogP contribution in [0, 0.1) is 5.92 Å². The Morgan fingerprint density at radius 1 is 1.53 bits per heavy atom. The molecule has 1 aliphatic rings. The molecular formula is C12H22N2O4S. The summed E-state index contributed by atoms with van der Waals surface area (Å²) in [6, 6.07) is -0.561. The molecule has 1 rings (SSSR count). The first-order valence-electron chi connectivity index (χ1n) is 6.30. The van der Waals surface area contributed by atoms with E-state index in [1.54, 1.807) is 18.8 Å². The maximum atomic E-state index is 12.0. The zero-order valence-corrected chi connectivity index (χ0v) is 12.4. The Kier molecular flexibility index (Phi) is 6.44. The van der Waals surface area contributed by atoms with E-state index in [4.69, 9.17) is 9.84 Å². The summed E-state index contributed by atoms with van der Waals surface area (Å²) in [6.45, 7) is 2.39. The van der Waals surface area contributed by atoms with E-state index in [1.807, 2.05) is 13.2 Å². The van der Waals surface area contributed by atoms with Gasteiger partial charge in [0.05, 0.1) is 19.3 Å². The van der Waals surface area contributed by atoms with Crippen molar-refractivity contribution in [1.29, 1.82) is 0 Å². The largest absolute Gasteiger partial charge is 0.481 e. The second-order valence-corrected chi connectivity index (χ2v) is 5.78. The minimum Gasteiger partial charge on any atom is -0.481 e. The molecule has 3 unspecified atom stereocenters. The van der Waals surface area contributed by atoms with Gasteiger partial charge in [-0.3, -0.25) is 4.79 Å². The topological polar surface area (TPSA) is 78.9 Å². The first-order valence-corrected chi connectivity index (χ1v) is 7.69. The molecule has 0 aliphatic carbocycles. The fraction of sp³-hybridized carbons (Fsp3) is 0.833. The SMILES string of the molecule is CSCCC(C)NC(=O)N(C)C1COCC1C(=O)O. The number of carboxylic acids is 1. The number of nitrogens with one attached hydrogen (secondary N) is 1. The summed E-state index contributed by atoms with van der Waals surface area (Å²) in [5, 5.41) is 11.9. The molecule has 0 aromatic rings. The van der Waals surface area contributed by atoms with E-state index < -0.39 is 17.9 Å². The number of thioether (sulfide) groups is 1. The van der Waals surface area contributed by atoms with Crippen LogP contribution < -0.4 is 5.32 Å². The van der Waals surface area contributed by atoms with Crippen LogP contribution in [0.15, 0.2) is 0 Å². The number of carbonyl (C=O) groups is 2. The molecule has 7 heteroatoms.